The van der Waals surface area contributed by atoms with E-state index in [-0.39, 0.29) is 12.6 Å². The Morgan fingerprint density at radius 3 is 2.26 bits per heavy atom. The van der Waals surface area contributed by atoms with Gasteiger partial charge in [0.2, 0.25) is 0 Å². The van der Waals surface area contributed by atoms with Gasteiger partial charge < -0.3 is 23.8 Å². The number of hydrogen-bond acceptors (Lipinski definition) is 4. The first kappa shape index (κ1) is 19.5. The lowest BCUT2D eigenvalue weighted by Gasteiger charge is -2.46. The van der Waals surface area contributed by atoms with Gasteiger partial charge in [0.05, 0.1) is 41.5 Å². The second kappa shape index (κ2) is 8.19. The molecule has 5 nitrogen and oxygen atoms in total. The Kier molecular flexibility index (Phi) is 5.92. The molecule has 3 rings (SSSR count). The summed E-state index contributed by atoms with van der Waals surface area (Å²) in [7, 11) is 7.32. The van der Waals surface area contributed by atoms with Crippen LogP contribution in [0.1, 0.15) is 29.2 Å². The molecule has 0 spiro atoms. The molecule has 1 heterocycles. The number of nitrogens with zero attached hydrogens (tertiary/aromatic N) is 1. The molecule has 146 valence electrons. The molecule has 1 aliphatic rings. The number of quaternary nitrogens is 1. The monoisotopic (exact) mass is 372 g/mol. The minimum atomic E-state index is 0.172. The molecule has 0 aliphatic carbocycles. The third-order valence-electron chi connectivity index (χ3n) is 5.71. The molecule has 5 heteroatoms. The van der Waals surface area contributed by atoms with Crippen LogP contribution in [-0.4, -0.2) is 57.7 Å². The van der Waals surface area contributed by atoms with Crippen LogP contribution in [0.5, 0.6) is 17.2 Å². The summed E-state index contributed by atoms with van der Waals surface area (Å²) in [5.74, 6) is 2.38. The third-order valence-corrected chi connectivity index (χ3v) is 5.71. The zero-order chi connectivity index (χ0) is 19.4. The van der Waals surface area contributed by atoms with Crippen molar-refractivity contribution < 1.29 is 23.8 Å². The maximum atomic E-state index is 9.42. The normalized spacial score (nSPS) is 21.4. The highest BCUT2D eigenvalue weighted by Gasteiger charge is 2.40. The maximum Gasteiger partial charge on any atom is 0.161 e. The molecule has 2 aromatic carbocycles. The van der Waals surface area contributed by atoms with Crippen molar-refractivity contribution in [2.45, 2.75) is 18.9 Å². The Balaban J connectivity index is 2.13. The molecule has 27 heavy (non-hydrogen) atoms. The van der Waals surface area contributed by atoms with Gasteiger partial charge in [0.25, 0.3) is 0 Å². The SMILES string of the molecule is COc1ccc([C@H]2c3cc(OC)c(OC)cc3CC[N@@+]2(C)CCCO)cc1. The molecule has 0 fully saturated rings. The fraction of sp³-hybridized carbons (Fsp3) is 0.455. The van der Waals surface area contributed by atoms with Crippen LogP contribution in [0.25, 0.3) is 0 Å². The van der Waals surface area contributed by atoms with Gasteiger partial charge in [-0.05, 0) is 42.0 Å². The van der Waals surface area contributed by atoms with E-state index in [1.807, 2.05) is 12.1 Å². The van der Waals surface area contributed by atoms with Crippen LogP contribution >= 0.6 is 0 Å². The molecular formula is C22H30NO4+. The van der Waals surface area contributed by atoms with Crippen molar-refractivity contribution in [3.63, 3.8) is 0 Å². The molecule has 2 aromatic rings. The number of benzene rings is 2. The molecule has 0 radical (unpaired) electrons. The summed E-state index contributed by atoms with van der Waals surface area (Å²) in [6, 6.07) is 12.7. The number of aliphatic hydroxyl groups is 1. The number of hydrogen-bond donors (Lipinski definition) is 1. The van der Waals surface area contributed by atoms with Crippen molar-refractivity contribution in [3.8, 4) is 17.2 Å². The predicted molar refractivity (Wildman–Crippen MR) is 106 cm³/mol. The standard InChI is InChI=1S/C22H30NO4/c1-23(11-5-13-24)12-10-17-14-20(26-3)21(27-4)15-19(17)22(23)16-6-8-18(25-2)9-7-16/h6-9,14-15,22,24H,5,10-13H2,1-4H3/q+1/t22-,23+/m0/s1. The highest BCUT2D eigenvalue weighted by molar-refractivity contribution is 5.51. The first-order chi connectivity index (χ1) is 13.1. The minimum Gasteiger partial charge on any atom is -0.497 e. The number of likely N-dealkylation sites (N-methyl/N-ethyl adjacent to an activating group) is 1. The highest BCUT2D eigenvalue weighted by Crippen LogP contribution is 2.44. The van der Waals surface area contributed by atoms with E-state index in [4.69, 9.17) is 14.2 Å². The summed E-state index contributed by atoms with van der Waals surface area (Å²) in [5.41, 5.74) is 3.81. The summed E-state index contributed by atoms with van der Waals surface area (Å²) in [6.45, 7) is 2.14. The Bertz CT molecular complexity index is 775. The van der Waals surface area contributed by atoms with E-state index in [9.17, 15) is 5.11 Å². The topological polar surface area (TPSA) is 47.9 Å². The van der Waals surface area contributed by atoms with Crippen LogP contribution in [0.4, 0.5) is 0 Å². The summed E-state index contributed by atoms with van der Waals surface area (Å²) in [6.07, 6.45) is 1.76. The molecule has 0 bridgehead atoms. The van der Waals surface area contributed by atoms with Gasteiger partial charge in [-0.1, -0.05) is 0 Å². The quantitative estimate of drug-likeness (QED) is 0.759. The van der Waals surface area contributed by atoms with Crippen LogP contribution in [0.2, 0.25) is 0 Å². The van der Waals surface area contributed by atoms with Crippen molar-refractivity contribution in [2.75, 3.05) is 48.1 Å². The Morgan fingerprint density at radius 2 is 1.67 bits per heavy atom. The molecule has 0 saturated heterocycles. The molecule has 1 N–H and O–H groups in total. The lowest BCUT2D eigenvalue weighted by atomic mass is 9.85. The number of aliphatic hydroxyl groups excluding tert-OH is 1. The molecule has 1 aliphatic heterocycles. The van der Waals surface area contributed by atoms with Crippen molar-refractivity contribution >= 4 is 0 Å². The summed E-state index contributed by atoms with van der Waals surface area (Å²) in [4.78, 5) is 0. The van der Waals surface area contributed by atoms with E-state index in [0.717, 1.165) is 47.7 Å². The Morgan fingerprint density at radius 1 is 1.00 bits per heavy atom. The number of methoxy groups -OCH3 is 3. The van der Waals surface area contributed by atoms with Crippen LogP contribution in [-0.2, 0) is 6.42 Å². The maximum absolute atomic E-state index is 9.42. The van der Waals surface area contributed by atoms with Gasteiger partial charge >= 0.3 is 0 Å². The Labute approximate surface area is 161 Å². The van der Waals surface area contributed by atoms with E-state index in [0.29, 0.717) is 0 Å². The van der Waals surface area contributed by atoms with Crippen LogP contribution in [0.3, 0.4) is 0 Å². The number of rotatable bonds is 7. The molecule has 0 aromatic heterocycles. The summed E-state index contributed by atoms with van der Waals surface area (Å²) >= 11 is 0. The van der Waals surface area contributed by atoms with Gasteiger partial charge in [0.15, 0.2) is 11.5 Å². The van der Waals surface area contributed by atoms with Crippen molar-refractivity contribution in [1.29, 1.82) is 0 Å². The van der Waals surface area contributed by atoms with Gasteiger partial charge in [-0.2, -0.15) is 0 Å². The van der Waals surface area contributed by atoms with Crippen molar-refractivity contribution in [3.05, 3.63) is 53.1 Å². The van der Waals surface area contributed by atoms with Crippen LogP contribution in [0, 0.1) is 0 Å². The van der Waals surface area contributed by atoms with Crippen LogP contribution in [0.15, 0.2) is 36.4 Å². The van der Waals surface area contributed by atoms with E-state index in [1.165, 1.54) is 16.7 Å². The molecule has 0 saturated carbocycles. The van der Waals surface area contributed by atoms with E-state index < -0.39 is 0 Å². The average molecular weight is 372 g/mol. The Hall–Kier alpha value is -2.24. The average Bonchev–Trinajstić information content (AvgIpc) is 2.71. The molecule has 0 unspecified atom stereocenters. The van der Waals surface area contributed by atoms with E-state index >= 15 is 0 Å². The second-order valence-corrected chi connectivity index (χ2v) is 7.34. The fourth-order valence-corrected chi connectivity index (χ4v) is 4.25. The van der Waals surface area contributed by atoms with Gasteiger partial charge in [0.1, 0.15) is 11.8 Å². The first-order valence-corrected chi connectivity index (χ1v) is 9.40. The molecule has 0 amide bonds. The molecule has 2 atom stereocenters. The third kappa shape index (κ3) is 3.75. The second-order valence-electron chi connectivity index (χ2n) is 7.34. The number of ether oxygens (including phenoxy) is 3. The largest absolute Gasteiger partial charge is 0.497 e. The number of fused-ring (bicyclic) bond motifs is 1. The van der Waals surface area contributed by atoms with Gasteiger partial charge in [0, 0.05) is 30.6 Å². The minimum absolute atomic E-state index is 0.172. The highest BCUT2D eigenvalue weighted by atomic mass is 16.5. The smallest absolute Gasteiger partial charge is 0.161 e. The van der Waals surface area contributed by atoms with Crippen LogP contribution < -0.4 is 14.2 Å². The van der Waals surface area contributed by atoms with Crippen molar-refractivity contribution in [2.24, 2.45) is 0 Å². The zero-order valence-corrected chi connectivity index (χ0v) is 16.7. The zero-order valence-electron chi connectivity index (χ0n) is 16.7. The predicted octanol–water partition coefficient (Wildman–Crippen LogP) is 3.19. The van der Waals surface area contributed by atoms with E-state index in [1.54, 1.807) is 21.3 Å². The summed E-state index contributed by atoms with van der Waals surface area (Å²) in [5, 5.41) is 9.42. The van der Waals surface area contributed by atoms with Gasteiger partial charge in [-0.3, -0.25) is 0 Å². The lowest BCUT2D eigenvalue weighted by Crippen LogP contribution is -2.52. The first-order valence-electron chi connectivity index (χ1n) is 9.40. The van der Waals surface area contributed by atoms with Gasteiger partial charge in [-0.25, -0.2) is 0 Å². The van der Waals surface area contributed by atoms with Gasteiger partial charge in [-0.15, -0.1) is 0 Å². The van der Waals surface area contributed by atoms with E-state index in [2.05, 4.69) is 31.3 Å². The summed E-state index contributed by atoms with van der Waals surface area (Å²) < 4.78 is 17.3. The van der Waals surface area contributed by atoms with Crippen molar-refractivity contribution in [1.82, 2.24) is 0 Å². The molecular weight excluding hydrogens is 342 g/mol. The lowest BCUT2D eigenvalue weighted by molar-refractivity contribution is -0.935. The fourth-order valence-electron chi connectivity index (χ4n) is 4.25.